The maximum Gasteiger partial charge on any atom is 0.243 e. The fourth-order valence-corrected chi connectivity index (χ4v) is 3.37. The quantitative estimate of drug-likeness (QED) is 0.825. The zero-order chi connectivity index (χ0) is 14.6. The van der Waals surface area contributed by atoms with Crippen LogP contribution in [-0.4, -0.2) is 20.1 Å². The molecule has 1 aromatic rings. The number of aliphatic hydroxyl groups excluding tert-OH is 1. The van der Waals surface area contributed by atoms with E-state index in [0.29, 0.717) is 4.47 Å². The summed E-state index contributed by atoms with van der Waals surface area (Å²) >= 11 is 3.10. The topological polar surface area (TPSA) is 66.4 Å². The highest BCUT2D eigenvalue weighted by Crippen LogP contribution is 2.24. The first-order valence-corrected chi connectivity index (χ1v) is 8.17. The Hall–Kier alpha value is -0.500. The second-order valence-corrected chi connectivity index (χ2v) is 7.05. The summed E-state index contributed by atoms with van der Waals surface area (Å²) in [5.74, 6) is -0.746. The largest absolute Gasteiger partial charge is 0.392 e. The number of halogens is 2. The van der Waals surface area contributed by atoms with Gasteiger partial charge in [-0.2, -0.15) is 0 Å². The van der Waals surface area contributed by atoms with Gasteiger partial charge in [-0.05, 0) is 18.1 Å². The molecule has 0 spiro atoms. The van der Waals surface area contributed by atoms with Gasteiger partial charge in [0, 0.05) is 16.6 Å². The third kappa shape index (κ3) is 4.24. The molecule has 0 heterocycles. The van der Waals surface area contributed by atoms with Crippen LogP contribution in [0.15, 0.2) is 21.5 Å². The number of hydrogen-bond donors (Lipinski definition) is 2. The van der Waals surface area contributed by atoms with E-state index < -0.39 is 27.3 Å². The van der Waals surface area contributed by atoms with Gasteiger partial charge < -0.3 is 5.11 Å². The molecular weight excluding hydrogens is 337 g/mol. The molecule has 0 aliphatic rings. The third-order valence-corrected chi connectivity index (χ3v) is 4.74. The highest BCUT2D eigenvalue weighted by molar-refractivity contribution is 9.10. The molecule has 1 aromatic carbocycles. The lowest BCUT2D eigenvalue weighted by Crippen LogP contribution is -2.29. The fourth-order valence-electron chi connectivity index (χ4n) is 1.40. The molecule has 2 N–H and O–H groups in total. The molecular formula is C12H17BrFNO3S. The molecule has 4 nitrogen and oxygen atoms in total. The first-order chi connectivity index (χ1) is 8.81. The Morgan fingerprint density at radius 2 is 2.11 bits per heavy atom. The van der Waals surface area contributed by atoms with Crippen molar-refractivity contribution in [1.82, 2.24) is 4.72 Å². The minimum absolute atomic E-state index is 0.0571. The molecule has 1 rings (SSSR count). The van der Waals surface area contributed by atoms with Gasteiger partial charge in [0.2, 0.25) is 10.0 Å². The lowest BCUT2D eigenvalue weighted by molar-refractivity contribution is 0.274. The molecule has 0 aromatic heterocycles. The molecule has 1 atom stereocenters. The summed E-state index contributed by atoms with van der Waals surface area (Å²) in [7, 11) is -3.92. The highest BCUT2D eigenvalue weighted by Gasteiger charge is 2.22. The highest BCUT2D eigenvalue weighted by atomic mass is 79.9. The minimum atomic E-state index is -3.92. The summed E-state index contributed by atoms with van der Waals surface area (Å²) in [6.45, 7) is 3.54. The predicted octanol–water partition coefficient (Wildman–Crippen LogP) is 2.40. The third-order valence-electron chi connectivity index (χ3n) is 2.86. The van der Waals surface area contributed by atoms with Crippen LogP contribution in [0.25, 0.3) is 0 Å². The zero-order valence-electron chi connectivity index (χ0n) is 10.8. The lowest BCUT2D eigenvalue weighted by atomic mass is 10.1. The van der Waals surface area contributed by atoms with Gasteiger partial charge >= 0.3 is 0 Å². The Morgan fingerprint density at radius 1 is 1.47 bits per heavy atom. The summed E-state index contributed by atoms with van der Waals surface area (Å²) in [4.78, 5) is -0.450. The van der Waals surface area contributed by atoms with Crippen molar-refractivity contribution >= 4 is 26.0 Å². The van der Waals surface area contributed by atoms with E-state index in [-0.39, 0.29) is 18.0 Å². The van der Waals surface area contributed by atoms with Crippen molar-refractivity contribution in [3.8, 4) is 0 Å². The number of hydrogen-bond acceptors (Lipinski definition) is 3. The van der Waals surface area contributed by atoms with E-state index in [9.17, 15) is 12.8 Å². The Kier molecular flexibility index (Phi) is 5.91. The number of sulfonamides is 1. The second-order valence-electron chi connectivity index (χ2n) is 4.40. The fraction of sp³-hybridized carbons (Fsp3) is 0.500. The number of aliphatic hydroxyl groups is 1. The molecule has 0 fully saturated rings. The van der Waals surface area contributed by atoms with E-state index in [2.05, 4.69) is 20.7 Å². The van der Waals surface area contributed by atoms with Gasteiger partial charge in [-0.25, -0.2) is 17.5 Å². The maximum absolute atomic E-state index is 14.0. The average Bonchev–Trinajstić information content (AvgIpc) is 2.38. The number of rotatable bonds is 6. The molecule has 0 saturated heterocycles. The van der Waals surface area contributed by atoms with E-state index in [1.54, 1.807) is 0 Å². The van der Waals surface area contributed by atoms with E-state index in [1.807, 2.05) is 13.8 Å². The predicted molar refractivity (Wildman–Crippen MR) is 74.7 cm³/mol. The summed E-state index contributed by atoms with van der Waals surface area (Å²) < 4.78 is 40.8. The van der Waals surface area contributed by atoms with E-state index in [0.717, 1.165) is 6.42 Å². The second kappa shape index (κ2) is 6.78. The van der Waals surface area contributed by atoms with Gasteiger partial charge in [-0.15, -0.1) is 0 Å². The van der Waals surface area contributed by atoms with Crippen LogP contribution in [-0.2, 0) is 16.6 Å². The monoisotopic (exact) mass is 353 g/mol. The van der Waals surface area contributed by atoms with Crippen LogP contribution in [0.2, 0.25) is 0 Å². The van der Waals surface area contributed by atoms with Crippen molar-refractivity contribution < 1.29 is 17.9 Å². The Morgan fingerprint density at radius 3 is 2.63 bits per heavy atom. The van der Waals surface area contributed by atoms with E-state index in [4.69, 9.17) is 5.11 Å². The summed E-state index contributed by atoms with van der Waals surface area (Å²) in [5, 5.41) is 9.01. The first-order valence-electron chi connectivity index (χ1n) is 5.90. The van der Waals surface area contributed by atoms with Crippen molar-refractivity contribution in [1.29, 1.82) is 0 Å². The SMILES string of the molecule is CCC(C)CNS(=O)(=O)c1cc(Br)cc(CO)c1F. The van der Waals surface area contributed by atoms with Crippen LogP contribution in [0.1, 0.15) is 25.8 Å². The lowest BCUT2D eigenvalue weighted by Gasteiger charge is -2.13. The molecule has 19 heavy (non-hydrogen) atoms. The summed E-state index contributed by atoms with van der Waals surface area (Å²) in [6.07, 6.45) is 0.825. The van der Waals surface area contributed by atoms with Gasteiger partial charge in [0.05, 0.1) is 6.61 Å². The van der Waals surface area contributed by atoms with Crippen LogP contribution in [0, 0.1) is 11.7 Å². The molecule has 108 valence electrons. The molecule has 0 bridgehead atoms. The van der Waals surface area contributed by atoms with Gasteiger partial charge in [0.25, 0.3) is 0 Å². The molecule has 7 heteroatoms. The zero-order valence-corrected chi connectivity index (χ0v) is 13.2. The summed E-state index contributed by atoms with van der Waals surface area (Å²) in [6, 6.07) is 2.54. The Balaban J connectivity index is 3.11. The van der Waals surface area contributed by atoms with E-state index >= 15 is 0 Å². The van der Waals surface area contributed by atoms with Crippen LogP contribution in [0.3, 0.4) is 0 Å². The van der Waals surface area contributed by atoms with Gasteiger partial charge in [0.15, 0.2) is 0 Å². The van der Waals surface area contributed by atoms with Gasteiger partial charge in [0.1, 0.15) is 10.7 Å². The van der Waals surface area contributed by atoms with Crippen LogP contribution >= 0.6 is 15.9 Å². The molecule has 0 radical (unpaired) electrons. The standard InChI is InChI=1S/C12H17BrFNO3S/c1-3-8(2)6-15-19(17,18)11-5-10(13)4-9(7-16)12(11)14/h4-5,8,15-16H,3,6-7H2,1-2H3. The normalized spacial score (nSPS) is 13.5. The number of benzene rings is 1. The molecule has 0 amide bonds. The van der Waals surface area contributed by atoms with Crippen LogP contribution in [0.5, 0.6) is 0 Å². The van der Waals surface area contributed by atoms with Crippen molar-refractivity contribution in [3.05, 3.63) is 28.0 Å². The van der Waals surface area contributed by atoms with Crippen molar-refractivity contribution in [2.45, 2.75) is 31.8 Å². The van der Waals surface area contributed by atoms with E-state index in [1.165, 1.54) is 12.1 Å². The molecule has 1 unspecified atom stereocenters. The van der Waals surface area contributed by atoms with Gasteiger partial charge in [-0.3, -0.25) is 0 Å². The number of nitrogens with one attached hydrogen (secondary N) is 1. The van der Waals surface area contributed by atoms with Crippen molar-refractivity contribution in [3.63, 3.8) is 0 Å². The Bertz CT molecular complexity index is 548. The average molecular weight is 354 g/mol. The Labute approximate surface area is 121 Å². The summed E-state index contributed by atoms with van der Waals surface area (Å²) in [5.41, 5.74) is -0.0571. The van der Waals surface area contributed by atoms with Crippen LogP contribution < -0.4 is 4.72 Å². The van der Waals surface area contributed by atoms with Crippen LogP contribution in [0.4, 0.5) is 4.39 Å². The molecule has 0 aliphatic carbocycles. The van der Waals surface area contributed by atoms with Gasteiger partial charge in [-0.1, -0.05) is 36.2 Å². The van der Waals surface area contributed by atoms with Crippen molar-refractivity contribution in [2.75, 3.05) is 6.54 Å². The smallest absolute Gasteiger partial charge is 0.243 e. The first kappa shape index (κ1) is 16.6. The van der Waals surface area contributed by atoms with Crippen molar-refractivity contribution in [2.24, 2.45) is 5.92 Å². The minimum Gasteiger partial charge on any atom is -0.392 e. The maximum atomic E-state index is 14.0. The molecule has 0 saturated carbocycles. The molecule has 0 aliphatic heterocycles.